The van der Waals surface area contributed by atoms with Crippen molar-refractivity contribution in [2.24, 2.45) is 5.73 Å². The number of nitrogens with two attached hydrogens (primary N) is 1. The first-order valence-electron chi connectivity index (χ1n) is 1.90. The van der Waals surface area contributed by atoms with Gasteiger partial charge in [0.2, 0.25) is 0 Å². The Labute approximate surface area is 99.8 Å². The molecule has 0 rings (SSSR count). The number of rotatable bonds is 2. The largest absolute Gasteiger partial charge is 1.00 e. The van der Waals surface area contributed by atoms with Gasteiger partial charge >= 0.3 is 57.4 Å². The molecule has 0 spiro atoms. The van der Waals surface area contributed by atoms with Crippen molar-refractivity contribution in [1.82, 2.24) is 0 Å². The third-order valence-electron chi connectivity index (χ3n) is 0.380. The van der Waals surface area contributed by atoms with E-state index in [9.17, 15) is 19.1 Å². The van der Waals surface area contributed by atoms with Gasteiger partial charge < -0.3 is 24.6 Å². The zero-order valence-electron chi connectivity index (χ0n) is 5.27. The van der Waals surface area contributed by atoms with E-state index >= 15 is 0 Å². The molecule has 0 heterocycles. The minimum Gasteiger partial charge on any atom is -0.780 e. The third kappa shape index (κ3) is 9.22. The summed E-state index contributed by atoms with van der Waals surface area (Å²) in [5.74, 6) is -1.25. The molecule has 0 aromatic carbocycles. The first-order valence-corrected chi connectivity index (χ1v) is 3.36. The van der Waals surface area contributed by atoms with E-state index in [0.717, 1.165) is 0 Å². The van der Waals surface area contributed by atoms with Crippen molar-refractivity contribution < 1.29 is 75.1 Å². The number of hydrogen-bond donors (Lipinski definition) is 1. The maximum absolute atomic E-state index is 9.91. The van der Waals surface area contributed by atoms with E-state index in [4.69, 9.17) is 0 Å². The van der Waals surface area contributed by atoms with Crippen molar-refractivity contribution in [3.05, 3.63) is 0 Å². The number of carbonyl (C=O) groups excluding carboxylic acids is 1. The van der Waals surface area contributed by atoms with E-state index in [0.29, 0.717) is 0 Å². The van der Waals surface area contributed by atoms with Gasteiger partial charge in [-0.1, -0.05) is 0 Å². The first kappa shape index (κ1) is 13.8. The van der Waals surface area contributed by atoms with Gasteiger partial charge in [-0.15, -0.1) is 0 Å². The zero-order valence-corrected chi connectivity index (χ0v) is 9.29. The van der Waals surface area contributed by atoms with Crippen LogP contribution in [0.5, 0.6) is 0 Å². The minimum absolute atomic E-state index is 0. The molecule has 0 bridgehead atoms. The Morgan fingerprint density at radius 2 is 2.00 bits per heavy atom. The quantitative estimate of drug-likeness (QED) is 0.344. The van der Waals surface area contributed by atoms with Crippen LogP contribution in [-0.2, 0) is 13.9 Å². The molecule has 0 saturated carbocycles. The molecular weight excluding hydrogens is 188 g/mol. The number of hydrogen-bond acceptors (Lipinski definition) is 6. The maximum Gasteiger partial charge on any atom is 1.00 e. The molecule has 0 fully saturated rings. The summed E-state index contributed by atoms with van der Waals surface area (Å²) in [6.45, 7) is -0.617. The predicted molar refractivity (Wildman–Crippen MR) is 22.8 cm³/mol. The molecule has 0 aliphatic heterocycles. The van der Waals surface area contributed by atoms with Crippen LogP contribution in [0.4, 0.5) is 0 Å². The standard InChI is InChI=1S/C2H6NO5P.K/c3-1-2(4)8-9(5,6)7;/h1,3H2,(H2,5,6,7);/q;+1/p-2. The van der Waals surface area contributed by atoms with Gasteiger partial charge in [-0.3, -0.25) is 4.79 Å². The minimum atomic E-state index is -5.17. The Morgan fingerprint density at radius 1 is 1.60 bits per heavy atom. The molecule has 0 atom stereocenters. The molecule has 10 heavy (non-hydrogen) atoms. The van der Waals surface area contributed by atoms with E-state index in [1.807, 2.05) is 0 Å². The summed E-state index contributed by atoms with van der Waals surface area (Å²) in [5, 5.41) is 0. The van der Waals surface area contributed by atoms with Crippen LogP contribution >= 0.6 is 7.82 Å². The summed E-state index contributed by atoms with van der Waals surface area (Å²) >= 11 is 0. The van der Waals surface area contributed by atoms with Crippen molar-refractivity contribution in [3.8, 4) is 0 Å². The second-order valence-corrected chi connectivity index (χ2v) is 2.19. The van der Waals surface area contributed by atoms with Crippen molar-refractivity contribution in [3.63, 3.8) is 0 Å². The van der Waals surface area contributed by atoms with Crippen LogP contribution in [0.15, 0.2) is 0 Å². The molecule has 0 saturated heterocycles. The van der Waals surface area contributed by atoms with Crippen molar-refractivity contribution in [1.29, 1.82) is 0 Å². The predicted octanol–water partition coefficient (Wildman–Crippen LogP) is -5.68. The van der Waals surface area contributed by atoms with Gasteiger partial charge in [0.15, 0.2) is 0 Å². The normalized spacial score (nSPS) is 9.90. The molecule has 54 valence electrons. The first-order chi connectivity index (χ1) is 3.95. The van der Waals surface area contributed by atoms with Gasteiger partial charge in [0, 0.05) is 0 Å². The molecule has 8 heteroatoms. The van der Waals surface area contributed by atoms with Crippen LogP contribution in [0, 0.1) is 0 Å². The molecule has 0 amide bonds. The van der Waals surface area contributed by atoms with E-state index in [2.05, 4.69) is 10.3 Å². The number of phosphoric ester groups is 1. The molecule has 0 aromatic rings. The summed E-state index contributed by atoms with van der Waals surface area (Å²) in [6.07, 6.45) is 0. The molecule has 6 nitrogen and oxygen atoms in total. The van der Waals surface area contributed by atoms with Crippen LogP contribution in [0.1, 0.15) is 0 Å². The van der Waals surface area contributed by atoms with Crippen LogP contribution in [-0.4, -0.2) is 12.5 Å². The Balaban J connectivity index is 0. The summed E-state index contributed by atoms with van der Waals surface area (Å²) < 4.78 is 12.8. The summed E-state index contributed by atoms with van der Waals surface area (Å²) in [6, 6.07) is 0. The van der Waals surface area contributed by atoms with Crippen LogP contribution in [0.3, 0.4) is 0 Å². The van der Waals surface area contributed by atoms with Gasteiger partial charge in [-0.25, -0.2) is 0 Å². The van der Waals surface area contributed by atoms with Gasteiger partial charge in [0.25, 0.3) is 0 Å². The maximum atomic E-state index is 9.91. The molecule has 0 radical (unpaired) electrons. The van der Waals surface area contributed by atoms with Crippen molar-refractivity contribution in [2.75, 3.05) is 6.54 Å². The molecule has 0 aliphatic rings. The Morgan fingerprint density at radius 3 is 2.10 bits per heavy atom. The van der Waals surface area contributed by atoms with E-state index < -0.39 is 20.3 Å². The fraction of sp³-hybridized carbons (Fsp3) is 0.500. The molecule has 0 aliphatic carbocycles. The van der Waals surface area contributed by atoms with Crippen LogP contribution < -0.4 is 66.9 Å². The van der Waals surface area contributed by atoms with Gasteiger partial charge in [-0.2, -0.15) is 0 Å². The molecule has 0 aromatic heterocycles. The van der Waals surface area contributed by atoms with Crippen molar-refractivity contribution >= 4 is 13.8 Å². The van der Waals surface area contributed by atoms with Gasteiger partial charge in [0.05, 0.1) is 6.54 Å². The average Bonchev–Trinajstić information content (AvgIpc) is 1.62. The summed E-state index contributed by atoms with van der Waals surface area (Å²) in [4.78, 5) is 29.1. The molecule has 0 unspecified atom stereocenters. The van der Waals surface area contributed by atoms with Gasteiger partial charge in [0.1, 0.15) is 7.82 Å². The van der Waals surface area contributed by atoms with E-state index in [-0.39, 0.29) is 51.4 Å². The molecular formula is C2H4KNO5P-. The van der Waals surface area contributed by atoms with Gasteiger partial charge in [-0.05, 0) is 0 Å². The Hall–Kier alpha value is 1.22. The SMILES string of the molecule is NCC(=O)OP(=O)([O-])[O-].[K+]. The van der Waals surface area contributed by atoms with E-state index in [1.54, 1.807) is 0 Å². The average molecular weight is 192 g/mol. The van der Waals surface area contributed by atoms with E-state index in [1.165, 1.54) is 0 Å². The van der Waals surface area contributed by atoms with Crippen LogP contribution in [0.25, 0.3) is 0 Å². The fourth-order valence-electron chi connectivity index (χ4n) is 0.162. The Kier molecular flexibility index (Phi) is 8.01. The summed E-state index contributed by atoms with van der Waals surface area (Å²) in [5.41, 5.74) is 4.61. The second kappa shape index (κ2) is 5.81. The topological polar surface area (TPSA) is 116 Å². The third-order valence-corrected chi connectivity index (χ3v) is 0.808. The van der Waals surface area contributed by atoms with Crippen LogP contribution in [0.2, 0.25) is 0 Å². The Bertz CT molecular complexity index is 154. The fourth-order valence-corrected chi connectivity index (χ4v) is 0.486. The number of phosphoric acid groups is 1. The zero-order chi connectivity index (χ0) is 7.49. The summed E-state index contributed by atoms with van der Waals surface area (Å²) in [7, 11) is -5.17. The number of carbonyl (C=O) groups is 1. The monoisotopic (exact) mass is 192 g/mol. The second-order valence-electron chi connectivity index (χ2n) is 1.11. The van der Waals surface area contributed by atoms with Crippen molar-refractivity contribution in [2.45, 2.75) is 0 Å². The smallest absolute Gasteiger partial charge is 0.780 e. The molecule has 2 N–H and O–H groups in total.